The summed E-state index contributed by atoms with van der Waals surface area (Å²) in [5.41, 5.74) is -3.61. The summed E-state index contributed by atoms with van der Waals surface area (Å²) >= 11 is 0. The van der Waals surface area contributed by atoms with E-state index >= 15 is 0 Å². The summed E-state index contributed by atoms with van der Waals surface area (Å²) in [6.45, 7) is 5.11. The van der Waals surface area contributed by atoms with Crippen LogP contribution in [0.5, 0.6) is 0 Å². The maximum Gasteiger partial charge on any atom is 0.432 e. The largest absolute Gasteiger partial charge is 0.458 e. The van der Waals surface area contributed by atoms with Crippen LogP contribution in [0.25, 0.3) is 0 Å². The zero-order valence-corrected chi connectivity index (χ0v) is 20.9. The summed E-state index contributed by atoms with van der Waals surface area (Å²) in [5.74, 6) is -1.88. The Morgan fingerprint density at radius 3 is 1.94 bits per heavy atom. The lowest BCUT2D eigenvalue weighted by molar-refractivity contribution is -0.278. The van der Waals surface area contributed by atoms with Crippen LogP contribution >= 0.6 is 0 Å². The van der Waals surface area contributed by atoms with Crippen molar-refractivity contribution >= 4 is 11.9 Å². The first-order valence-corrected chi connectivity index (χ1v) is 12.3. The number of methoxy groups -OCH3 is 1. The summed E-state index contributed by atoms with van der Waals surface area (Å²) in [5, 5.41) is 2.64. The molecule has 0 aliphatic rings. The zero-order valence-electron chi connectivity index (χ0n) is 20.9. The number of carbonyl (C=O) groups is 2. The minimum Gasteiger partial charge on any atom is -0.458 e. The highest BCUT2D eigenvalue weighted by atomic mass is 19.4. The maximum absolute atomic E-state index is 14.2. The topological polar surface area (TPSA) is 64.6 Å². The molecule has 194 valence electrons. The lowest BCUT2D eigenvalue weighted by Gasteiger charge is -2.35. The van der Waals surface area contributed by atoms with Gasteiger partial charge in [0, 0.05) is 19.6 Å². The maximum atomic E-state index is 14.2. The van der Waals surface area contributed by atoms with E-state index in [1.165, 1.54) is 63.3 Å². The van der Waals surface area contributed by atoms with E-state index in [-0.39, 0.29) is 11.5 Å². The third-order valence-electron chi connectivity index (χ3n) is 6.01. The van der Waals surface area contributed by atoms with Crippen molar-refractivity contribution in [2.45, 2.75) is 109 Å². The van der Waals surface area contributed by atoms with Crippen molar-refractivity contribution in [2.24, 2.45) is 0 Å². The molecule has 0 fully saturated rings. The molecule has 3 atom stereocenters. The number of nitrogens with one attached hydrogen (secondary N) is 1. The van der Waals surface area contributed by atoms with Crippen LogP contribution in [0.1, 0.15) is 90.5 Å². The van der Waals surface area contributed by atoms with E-state index in [1.54, 1.807) is 13.0 Å². The summed E-state index contributed by atoms with van der Waals surface area (Å²) < 4.78 is 52.8. The standard InChI is InChI=1S/C26H40F3NO4/c1-5-6-7-8-9-10-11-12-16-19-23(20(2)30-21(3)31)34-24(32)25(33-4,26(27,28)29)22-17-14-13-15-18-22/h13-15,17-18,20,23H,5-12,16,19H2,1-4H3,(H,30,31)/t20-,23+,25+/m0/s1. The van der Waals surface area contributed by atoms with Gasteiger partial charge in [0.1, 0.15) is 6.10 Å². The smallest absolute Gasteiger partial charge is 0.432 e. The fraction of sp³-hybridized carbons (Fsp3) is 0.692. The number of hydrogen-bond acceptors (Lipinski definition) is 4. The second-order valence-electron chi connectivity index (χ2n) is 8.80. The Bertz CT molecular complexity index is 727. The van der Waals surface area contributed by atoms with Crippen LogP contribution < -0.4 is 5.32 Å². The molecule has 0 aromatic heterocycles. The Morgan fingerprint density at radius 1 is 0.941 bits per heavy atom. The lowest BCUT2D eigenvalue weighted by atomic mass is 9.92. The van der Waals surface area contributed by atoms with Crippen LogP contribution in [0.4, 0.5) is 13.2 Å². The molecule has 1 N–H and O–H groups in total. The molecule has 0 aliphatic carbocycles. The molecule has 1 aromatic carbocycles. The van der Waals surface area contributed by atoms with Gasteiger partial charge in [-0.15, -0.1) is 0 Å². The molecule has 0 saturated carbocycles. The molecule has 0 spiro atoms. The summed E-state index contributed by atoms with van der Waals surface area (Å²) in [6, 6.07) is 6.09. The molecule has 0 aliphatic heterocycles. The fourth-order valence-corrected chi connectivity index (χ4v) is 4.09. The zero-order chi connectivity index (χ0) is 25.6. The van der Waals surface area contributed by atoms with Crippen LogP contribution in [-0.2, 0) is 24.7 Å². The minimum absolute atomic E-state index is 0.343. The Balaban J connectivity index is 2.88. The van der Waals surface area contributed by atoms with Crippen LogP contribution in [0, 0.1) is 0 Å². The summed E-state index contributed by atoms with van der Waals surface area (Å²) in [6.07, 6.45) is 4.12. The van der Waals surface area contributed by atoms with Crippen molar-refractivity contribution < 1.29 is 32.2 Å². The van der Waals surface area contributed by atoms with Gasteiger partial charge in [0.05, 0.1) is 6.04 Å². The number of unbranched alkanes of at least 4 members (excludes halogenated alkanes) is 8. The Hall–Kier alpha value is -2.09. The van der Waals surface area contributed by atoms with Gasteiger partial charge in [0.25, 0.3) is 5.60 Å². The number of alkyl halides is 3. The van der Waals surface area contributed by atoms with E-state index in [4.69, 9.17) is 9.47 Å². The van der Waals surface area contributed by atoms with Crippen LogP contribution in [-0.4, -0.2) is 37.3 Å². The van der Waals surface area contributed by atoms with E-state index in [9.17, 15) is 22.8 Å². The highest BCUT2D eigenvalue weighted by Gasteiger charge is 2.64. The fourth-order valence-electron chi connectivity index (χ4n) is 4.09. The predicted octanol–water partition coefficient (Wildman–Crippen LogP) is 6.45. The molecule has 0 radical (unpaired) electrons. The van der Waals surface area contributed by atoms with Gasteiger partial charge >= 0.3 is 12.1 Å². The number of rotatable bonds is 16. The normalized spacial score (nSPS) is 15.3. The molecule has 5 nitrogen and oxygen atoms in total. The van der Waals surface area contributed by atoms with Crippen molar-refractivity contribution in [3.63, 3.8) is 0 Å². The van der Waals surface area contributed by atoms with Crippen LogP contribution in [0.2, 0.25) is 0 Å². The monoisotopic (exact) mass is 487 g/mol. The van der Waals surface area contributed by atoms with E-state index in [0.717, 1.165) is 26.4 Å². The van der Waals surface area contributed by atoms with E-state index < -0.39 is 29.9 Å². The molecule has 0 saturated heterocycles. The molecule has 1 rings (SSSR count). The van der Waals surface area contributed by atoms with Crippen molar-refractivity contribution in [1.82, 2.24) is 5.32 Å². The van der Waals surface area contributed by atoms with Gasteiger partial charge < -0.3 is 14.8 Å². The third kappa shape index (κ3) is 8.93. The van der Waals surface area contributed by atoms with E-state index in [2.05, 4.69) is 12.2 Å². The average Bonchev–Trinajstić information content (AvgIpc) is 2.77. The number of amides is 1. The SMILES string of the molecule is CCCCCCCCCCC[C@@H](OC(=O)[C@](OC)(c1ccccc1)C(F)(F)F)[C@H](C)NC(C)=O. The molecule has 1 aromatic rings. The van der Waals surface area contributed by atoms with Crippen molar-refractivity contribution in [3.05, 3.63) is 35.9 Å². The van der Waals surface area contributed by atoms with Crippen LogP contribution in [0.15, 0.2) is 30.3 Å². The average molecular weight is 488 g/mol. The first-order chi connectivity index (χ1) is 16.1. The molecular formula is C26H40F3NO4. The number of esters is 1. The second-order valence-corrected chi connectivity index (χ2v) is 8.80. The predicted molar refractivity (Wildman–Crippen MR) is 126 cm³/mol. The third-order valence-corrected chi connectivity index (χ3v) is 6.01. The summed E-state index contributed by atoms with van der Waals surface area (Å²) in [4.78, 5) is 24.6. The molecule has 8 heteroatoms. The second kappa shape index (κ2) is 15.0. The number of ether oxygens (including phenoxy) is 2. The quantitative estimate of drug-likeness (QED) is 0.215. The lowest BCUT2D eigenvalue weighted by Crippen LogP contribution is -2.54. The van der Waals surface area contributed by atoms with Gasteiger partial charge in [-0.1, -0.05) is 88.6 Å². The van der Waals surface area contributed by atoms with Crippen LogP contribution in [0.3, 0.4) is 0 Å². The van der Waals surface area contributed by atoms with E-state index in [1.807, 2.05) is 0 Å². The van der Waals surface area contributed by atoms with Gasteiger partial charge in [-0.3, -0.25) is 4.79 Å². The molecular weight excluding hydrogens is 447 g/mol. The molecule has 1 amide bonds. The van der Waals surface area contributed by atoms with Gasteiger partial charge in [-0.05, 0) is 19.8 Å². The molecule has 0 unspecified atom stereocenters. The van der Waals surface area contributed by atoms with Gasteiger partial charge in [-0.25, -0.2) is 4.79 Å². The summed E-state index contributed by atoms with van der Waals surface area (Å²) in [7, 11) is 0.842. The number of benzene rings is 1. The Labute approximate surface area is 201 Å². The molecule has 34 heavy (non-hydrogen) atoms. The Morgan fingerprint density at radius 2 is 1.47 bits per heavy atom. The molecule has 0 bridgehead atoms. The number of halogens is 3. The van der Waals surface area contributed by atoms with Crippen molar-refractivity contribution in [3.8, 4) is 0 Å². The Kier molecular flexibility index (Phi) is 13.2. The van der Waals surface area contributed by atoms with Gasteiger partial charge in [0.15, 0.2) is 0 Å². The van der Waals surface area contributed by atoms with Gasteiger partial charge in [0.2, 0.25) is 5.91 Å². The first-order valence-electron chi connectivity index (χ1n) is 12.3. The number of hydrogen-bond donors (Lipinski definition) is 1. The van der Waals surface area contributed by atoms with E-state index in [0.29, 0.717) is 12.8 Å². The van der Waals surface area contributed by atoms with Crippen molar-refractivity contribution in [1.29, 1.82) is 0 Å². The van der Waals surface area contributed by atoms with Crippen molar-refractivity contribution in [2.75, 3.05) is 7.11 Å². The van der Waals surface area contributed by atoms with Gasteiger partial charge in [-0.2, -0.15) is 13.2 Å². The molecule has 0 heterocycles. The minimum atomic E-state index is -5.04. The first kappa shape index (κ1) is 29.9. The number of carbonyl (C=O) groups excluding carboxylic acids is 2. The highest BCUT2D eigenvalue weighted by molar-refractivity contribution is 5.83. The highest BCUT2D eigenvalue weighted by Crippen LogP contribution is 2.43.